The molecule has 5 nitrogen and oxygen atoms in total. The molecule has 3 rings (SSSR count). The van der Waals surface area contributed by atoms with Gasteiger partial charge in [-0.3, -0.25) is 10.1 Å². The largest absolute Gasteiger partial charge is 0.495 e. The predicted octanol–water partition coefficient (Wildman–Crippen LogP) is 4.88. The zero-order valence-electron chi connectivity index (χ0n) is 12.4. The van der Waals surface area contributed by atoms with Gasteiger partial charge in [-0.05, 0) is 30.3 Å². The molecule has 0 saturated carbocycles. The topological polar surface area (TPSA) is 64.1 Å². The number of benzene rings is 2. The number of ether oxygens (including phenoxy) is 1. The monoisotopic (exact) mass is 423 g/mol. The molecule has 2 aromatic carbocycles. The Kier molecular flexibility index (Phi) is 5.13. The maximum Gasteiger partial charge on any atom is 0.257 e. The summed E-state index contributed by atoms with van der Waals surface area (Å²) in [5.74, 6) is 0.773. The van der Waals surface area contributed by atoms with Crippen LogP contribution in [0.5, 0.6) is 5.75 Å². The number of methoxy groups -OCH3 is 1. The van der Waals surface area contributed by atoms with E-state index in [2.05, 4.69) is 30.6 Å². The third-order valence-corrected chi connectivity index (χ3v) is 4.62. The van der Waals surface area contributed by atoms with Crippen molar-refractivity contribution in [3.05, 3.63) is 57.5 Å². The highest BCUT2D eigenvalue weighted by Crippen LogP contribution is 2.26. The fraction of sp³-hybridized carbons (Fsp3) is 0.0625. The summed E-state index contributed by atoms with van der Waals surface area (Å²) in [6.07, 6.45) is 0. The van der Waals surface area contributed by atoms with Crippen LogP contribution < -0.4 is 10.1 Å². The van der Waals surface area contributed by atoms with Crippen LogP contribution >= 0.6 is 39.1 Å². The van der Waals surface area contributed by atoms with E-state index in [4.69, 9.17) is 16.3 Å². The molecular formula is C16H11BrClN3O2S. The summed E-state index contributed by atoms with van der Waals surface area (Å²) < 4.78 is 10.3. The van der Waals surface area contributed by atoms with Crippen LogP contribution in [0.25, 0.3) is 11.4 Å². The van der Waals surface area contributed by atoms with E-state index in [0.717, 1.165) is 21.6 Å². The van der Waals surface area contributed by atoms with E-state index in [0.29, 0.717) is 27.3 Å². The van der Waals surface area contributed by atoms with Gasteiger partial charge in [0, 0.05) is 27.1 Å². The number of hydrogen-bond acceptors (Lipinski definition) is 5. The van der Waals surface area contributed by atoms with Gasteiger partial charge in [-0.1, -0.05) is 39.7 Å². The zero-order valence-corrected chi connectivity index (χ0v) is 15.6. The molecule has 1 heterocycles. The number of hydrogen-bond donors (Lipinski definition) is 1. The van der Waals surface area contributed by atoms with Gasteiger partial charge in [-0.2, -0.15) is 9.36 Å². The molecule has 0 radical (unpaired) electrons. The lowest BCUT2D eigenvalue weighted by Crippen LogP contribution is -2.11. The van der Waals surface area contributed by atoms with E-state index in [9.17, 15) is 4.79 Å². The smallest absolute Gasteiger partial charge is 0.257 e. The zero-order chi connectivity index (χ0) is 17.1. The number of anilines is 1. The van der Waals surface area contributed by atoms with E-state index in [-0.39, 0.29) is 5.91 Å². The standard InChI is InChI=1S/C16H11BrClN3O2S/c1-23-13-7-4-10(8-12(13)18)15(22)20-16-19-14(21-24-16)9-2-5-11(17)6-3-9/h2-8H,1H3,(H,19,20,21,22). The van der Waals surface area contributed by atoms with Gasteiger partial charge in [0.1, 0.15) is 5.75 Å². The number of carbonyl (C=O) groups excluding carboxylic acids is 1. The number of nitrogens with zero attached hydrogens (tertiary/aromatic N) is 2. The minimum atomic E-state index is -0.307. The average molecular weight is 425 g/mol. The average Bonchev–Trinajstić information content (AvgIpc) is 3.04. The van der Waals surface area contributed by atoms with Gasteiger partial charge in [0.15, 0.2) is 5.82 Å². The normalized spacial score (nSPS) is 10.5. The molecule has 0 aliphatic carbocycles. The molecule has 1 amide bonds. The van der Waals surface area contributed by atoms with Gasteiger partial charge in [-0.25, -0.2) is 0 Å². The van der Waals surface area contributed by atoms with Crippen molar-refractivity contribution < 1.29 is 9.53 Å². The number of halogens is 2. The highest BCUT2D eigenvalue weighted by molar-refractivity contribution is 9.10. The number of nitrogens with one attached hydrogen (secondary N) is 1. The van der Waals surface area contributed by atoms with Gasteiger partial charge < -0.3 is 4.74 Å². The minimum absolute atomic E-state index is 0.307. The molecule has 3 aromatic rings. The van der Waals surface area contributed by atoms with Gasteiger partial charge in [-0.15, -0.1) is 0 Å². The molecule has 8 heteroatoms. The van der Waals surface area contributed by atoms with Crippen molar-refractivity contribution in [2.75, 3.05) is 12.4 Å². The molecule has 0 aliphatic heterocycles. The van der Waals surface area contributed by atoms with Crippen LogP contribution in [0.4, 0.5) is 5.13 Å². The summed E-state index contributed by atoms with van der Waals surface area (Å²) in [6.45, 7) is 0. The lowest BCUT2D eigenvalue weighted by Gasteiger charge is -2.05. The molecule has 0 bridgehead atoms. The Hall–Kier alpha value is -1.96. The molecule has 0 saturated heterocycles. The van der Waals surface area contributed by atoms with Crippen LogP contribution in [-0.2, 0) is 0 Å². The second kappa shape index (κ2) is 7.29. The second-order valence-corrected chi connectivity index (χ2v) is 6.81. The molecule has 0 spiro atoms. The molecule has 1 N–H and O–H groups in total. The van der Waals surface area contributed by atoms with E-state index in [1.54, 1.807) is 18.2 Å². The summed E-state index contributed by atoms with van der Waals surface area (Å²) in [5, 5.41) is 3.52. The van der Waals surface area contributed by atoms with Crippen LogP contribution in [0, 0.1) is 0 Å². The van der Waals surface area contributed by atoms with Crippen molar-refractivity contribution in [2.45, 2.75) is 0 Å². The number of aromatic nitrogens is 2. The number of rotatable bonds is 4. The number of carbonyl (C=O) groups is 1. The Labute approximate surface area is 155 Å². The van der Waals surface area contributed by atoms with Crippen LogP contribution in [0.1, 0.15) is 10.4 Å². The van der Waals surface area contributed by atoms with E-state index < -0.39 is 0 Å². The van der Waals surface area contributed by atoms with Crippen molar-refractivity contribution in [2.24, 2.45) is 0 Å². The maximum absolute atomic E-state index is 12.3. The van der Waals surface area contributed by atoms with Crippen LogP contribution in [-0.4, -0.2) is 22.4 Å². The van der Waals surface area contributed by atoms with Crippen LogP contribution in [0.2, 0.25) is 5.02 Å². The lowest BCUT2D eigenvalue weighted by molar-refractivity contribution is 0.102. The molecule has 24 heavy (non-hydrogen) atoms. The van der Waals surface area contributed by atoms with E-state index in [1.165, 1.54) is 7.11 Å². The summed E-state index contributed by atoms with van der Waals surface area (Å²) in [4.78, 5) is 16.6. The van der Waals surface area contributed by atoms with Crippen molar-refractivity contribution in [1.82, 2.24) is 9.36 Å². The summed E-state index contributed by atoms with van der Waals surface area (Å²) >= 11 is 10.5. The number of amides is 1. The third kappa shape index (κ3) is 3.75. The third-order valence-electron chi connectivity index (χ3n) is 3.16. The minimum Gasteiger partial charge on any atom is -0.495 e. The van der Waals surface area contributed by atoms with Crippen molar-refractivity contribution in [3.8, 4) is 17.1 Å². The SMILES string of the molecule is COc1ccc(C(=O)Nc2nc(-c3ccc(Br)cc3)ns2)cc1Cl. The lowest BCUT2D eigenvalue weighted by atomic mass is 10.2. The Morgan fingerprint density at radius 1 is 1.25 bits per heavy atom. The quantitative estimate of drug-likeness (QED) is 0.648. The first-order valence-corrected chi connectivity index (χ1v) is 8.76. The first kappa shape index (κ1) is 16.9. The predicted molar refractivity (Wildman–Crippen MR) is 99.0 cm³/mol. The summed E-state index contributed by atoms with van der Waals surface area (Å²) in [6, 6.07) is 12.5. The molecule has 0 atom stereocenters. The van der Waals surface area contributed by atoms with Crippen molar-refractivity contribution in [3.63, 3.8) is 0 Å². The highest BCUT2D eigenvalue weighted by Gasteiger charge is 2.13. The van der Waals surface area contributed by atoms with E-state index >= 15 is 0 Å². The van der Waals surface area contributed by atoms with Gasteiger partial charge in [0.25, 0.3) is 5.91 Å². The van der Waals surface area contributed by atoms with Crippen molar-refractivity contribution in [1.29, 1.82) is 0 Å². The summed E-state index contributed by atoms with van der Waals surface area (Å²) in [5.41, 5.74) is 1.30. The fourth-order valence-electron chi connectivity index (χ4n) is 1.97. The first-order valence-electron chi connectivity index (χ1n) is 6.81. The molecule has 0 aliphatic rings. The Bertz CT molecular complexity index is 883. The molecule has 0 fully saturated rings. The molecule has 0 unspecified atom stereocenters. The highest BCUT2D eigenvalue weighted by atomic mass is 79.9. The van der Waals surface area contributed by atoms with Crippen LogP contribution in [0.15, 0.2) is 46.9 Å². The van der Waals surface area contributed by atoms with Gasteiger partial charge >= 0.3 is 0 Å². The second-order valence-electron chi connectivity index (χ2n) is 4.73. The Morgan fingerprint density at radius 2 is 2.00 bits per heavy atom. The maximum atomic E-state index is 12.3. The summed E-state index contributed by atoms with van der Waals surface area (Å²) in [7, 11) is 1.52. The molecule has 122 valence electrons. The first-order chi connectivity index (χ1) is 11.6. The van der Waals surface area contributed by atoms with E-state index in [1.807, 2.05) is 24.3 Å². The van der Waals surface area contributed by atoms with Crippen molar-refractivity contribution >= 4 is 50.1 Å². The fourth-order valence-corrected chi connectivity index (χ4v) is 3.07. The van der Waals surface area contributed by atoms with Gasteiger partial charge in [0.05, 0.1) is 12.1 Å². The molecule has 1 aromatic heterocycles. The van der Waals surface area contributed by atoms with Gasteiger partial charge in [0.2, 0.25) is 5.13 Å². The van der Waals surface area contributed by atoms with Crippen LogP contribution in [0.3, 0.4) is 0 Å². The Balaban J connectivity index is 1.75. The molecular weight excluding hydrogens is 414 g/mol. The Morgan fingerprint density at radius 3 is 2.67 bits per heavy atom.